The molecule has 0 heterocycles. The molecule has 0 spiro atoms. The normalized spacial score (nSPS) is 10.7. The van der Waals surface area contributed by atoms with Crippen molar-refractivity contribution in [2.75, 3.05) is 20.7 Å². The topological polar surface area (TPSA) is 46.6 Å². The van der Waals surface area contributed by atoms with Crippen LogP contribution >= 0.6 is 0 Å². The molecule has 0 aromatic heterocycles. The van der Waals surface area contributed by atoms with Gasteiger partial charge in [-0.05, 0) is 11.3 Å². The van der Waals surface area contributed by atoms with Crippen LogP contribution in [0.4, 0.5) is 0 Å². The summed E-state index contributed by atoms with van der Waals surface area (Å²) in [5.74, 6) is 0.569. The third kappa shape index (κ3) is 4.96. The molecule has 0 saturated carbocycles. The molecule has 0 aliphatic carbocycles. The van der Waals surface area contributed by atoms with E-state index < -0.39 is 10.0 Å². The van der Waals surface area contributed by atoms with E-state index in [0.717, 1.165) is 6.42 Å². The maximum atomic E-state index is 11.7. The molecule has 1 aromatic carbocycles. The fourth-order valence-electron chi connectivity index (χ4n) is 1.07. The Bertz CT molecular complexity index is 443. The first-order valence-electron chi connectivity index (χ1n) is 5.30. The molecule has 0 atom stereocenters. The molecule has 0 N–H and O–H groups in total. The predicted octanol–water partition coefficient (Wildman–Crippen LogP) is 1.49. The van der Waals surface area contributed by atoms with Crippen molar-refractivity contribution in [2.24, 2.45) is 0 Å². The number of nitrogens with zero attached hydrogens (tertiary/aromatic N) is 1. The van der Waals surface area contributed by atoms with Gasteiger partial charge in [-0.15, -0.1) is 18.2 Å². The van der Waals surface area contributed by atoms with Crippen LogP contribution in [0.5, 0.6) is 5.75 Å². The summed E-state index contributed by atoms with van der Waals surface area (Å²) in [5, 5.41) is 3.18. The van der Waals surface area contributed by atoms with Crippen molar-refractivity contribution in [1.29, 1.82) is 0 Å². The summed E-state index contributed by atoms with van der Waals surface area (Å²) in [5.41, 5.74) is 0. The maximum absolute atomic E-state index is 11.7. The van der Waals surface area contributed by atoms with Gasteiger partial charge in [-0.2, -0.15) is 6.07 Å². The Morgan fingerprint density at radius 1 is 1.39 bits per heavy atom. The molecule has 0 aliphatic rings. The van der Waals surface area contributed by atoms with Gasteiger partial charge in [0.1, 0.15) is 0 Å². The third-order valence-electron chi connectivity index (χ3n) is 2.00. The number of sulfonamides is 1. The van der Waals surface area contributed by atoms with Crippen LogP contribution < -0.4 is 4.74 Å². The van der Waals surface area contributed by atoms with Gasteiger partial charge in [0.15, 0.2) is 10.0 Å². The molecule has 0 amide bonds. The van der Waals surface area contributed by atoms with E-state index in [2.05, 4.69) is 29.0 Å². The SMILES string of the molecule is CCCOc1[c-]cc(S(=O)(=O)N(C)C)cc1.[CH2]=[Ru+]. The Hall–Kier alpha value is -0.577. The zero-order chi connectivity index (χ0) is 14.2. The van der Waals surface area contributed by atoms with Gasteiger partial charge in [0.05, 0.1) is 6.61 Å². The standard InChI is InChI=1S/C11H16NO3S.CH2.Ru/c1-4-9-15-10-5-7-11(8-6-10)16(13,14)12(2)3;;/h5,7-8H,4,9H2,1-3H3;1H2;/q-1;;+1. The van der Waals surface area contributed by atoms with Crippen molar-refractivity contribution in [2.45, 2.75) is 18.2 Å². The molecule has 0 saturated heterocycles. The van der Waals surface area contributed by atoms with Crippen molar-refractivity contribution in [3.8, 4) is 5.75 Å². The van der Waals surface area contributed by atoms with E-state index in [1.54, 1.807) is 6.07 Å². The fraction of sp³-hybridized carbons (Fsp3) is 0.417. The second-order valence-electron chi connectivity index (χ2n) is 3.52. The minimum atomic E-state index is -3.37. The van der Waals surface area contributed by atoms with Gasteiger partial charge in [0.2, 0.25) is 0 Å². The van der Waals surface area contributed by atoms with Gasteiger partial charge in [-0.1, -0.05) is 6.92 Å². The van der Waals surface area contributed by atoms with E-state index in [9.17, 15) is 8.42 Å². The van der Waals surface area contributed by atoms with E-state index in [1.807, 2.05) is 6.92 Å². The minimum absolute atomic E-state index is 0.223. The van der Waals surface area contributed by atoms with Crippen molar-refractivity contribution in [1.82, 2.24) is 4.31 Å². The molecule has 6 heteroatoms. The second kappa shape index (κ2) is 8.51. The van der Waals surface area contributed by atoms with E-state index in [4.69, 9.17) is 4.74 Å². The summed E-state index contributed by atoms with van der Waals surface area (Å²) < 4.78 is 29.9. The first-order chi connectivity index (χ1) is 8.48. The Kier molecular flexibility index (Phi) is 8.24. The van der Waals surface area contributed by atoms with Gasteiger partial charge >= 0.3 is 23.0 Å². The monoisotopic (exact) mass is 358 g/mol. The molecular formula is C12H18NO3RuS. The summed E-state index contributed by atoms with van der Waals surface area (Å²) in [6, 6.07) is 7.38. The van der Waals surface area contributed by atoms with Crippen LogP contribution in [0.3, 0.4) is 0 Å². The molecule has 0 fully saturated rings. The summed E-state index contributed by atoms with van der Waals surface area (Å²) >= 11 is 2.10. The first kappa shape index (κ1) is 17.4. The molecule has 103 valence electrons. The second-order valence-corrected chi connectivity index (χ2v) is 5.68. The molecule has 18 heavy (non-hydrogen) atoms. The van der Waals surface area contributed by atoms with Gasteiger partial charge in [-0.3, -0.25) is 0 Å². The van der Waals surface area contributed by atoms with Crippen molar-refractivity contribution < 1.29 is 31.0 Å². The number of rotatable bonds is 5. The van der Waals surface area contributed by atoms with Gasteiger partial charge < -0.3 is 4.74 Å². The zero-order valence-corrected chi connectivity index (χ0v) is 13.3. The van der Waals surface area contributed by atoms with Crippen LogP contribution in [0.15, 0.2) is 23.1 Å². The Morgan fingerprint density at radius 2 is 2.00 bits per heavy atom. The van der Waals surface area contributed by atoms with Crippen LogP contribution in [0.2, 0.25) is 0 Å². The van der Waals surface area contributed by atoms with Gasteiger partial charge in [0.25, 0.3) is 0 Å². The van der Waals surface area contributed by atoms with Crippen molar-refractivity contribution in [3.63, 3.8) is 0 Å². The summed E-state index contributed by atoms with van der Waals surface area (Å²) in [6.45, 7) is 2.61. The van der Waals surface area contributed by atoms with E-state index in [1.165, 1.54) is 30.5 Å². The number of ether oxygens (including phenoxy) is 1. The van der Waals surface area contributed by atoms with Crippen LogP contribution in [0, 0.1) is 6.07 Å². The van der Waals surface area contributed by atoms with E-state index in [0.29, 0.717) is 12.4 Å². The van der Waals surface area contributed by atoms with Crippen molar-refractivity contribution in [3.05, 3.63) is 24.3 Å². The Morgan fingerprint density at radius 3 is 2.39 bits per heavy atom. The molecule has 4 nitrogen and oxygen atoms in total. The molecule has 1 aromatic rings. The first-order valence-corrected chi connectivity index (χ1v) is 7.97. The van der Waals surface area contributed by atoms with Crippen molar-refractivity contribution >= 4 is 15.1 Å². The fourth-order valence-corrected chi connectivity index (χ4v) is 1.94. The van der Waals surface area contributed by atoms with Crippen LogP contribution in [-0.2, 0) is 27.9 Å². The predicted molar refractivity (Wildman–Crippen MR) is 69.1 cm³/mol. The number of benzene rings is 1. The van der Waals surface area contributed by atoms with Crippen LogP contribution in [0.25, 0.3) is 0 Å². The molecule has 0 aliphatic heterocycles. The number of hydrogen-bond acceptors (Lipinski definition) is 3. The van der Waals surface area contributed by atoms with Gasteiger partial charge in [0, 0.05) is 19.8 Å². The number of hydrogen-bond donors (Lipinski definition) is 0. The Labute approximate surface area is 119 Å². The van der Waals surface area contributed by atoms with E-state index >= 15 is 0 Å². The van der Waals surface area contributed by atoms with Crippen LogP contribution in [-0.4, -0.2) is 38.5 Å². The summed E-state index contributed by atoms with van der Waals surface area (Å²) in [4.78, 5) is 0.223. The van der Waals surface area contributed by atoms with E-state index in [-0.39, 0.29) is 4.90 Å². The average Bonchev–Trinajstić information content (AvgIpc) is 2.39. The van der Waals surface area contributed by atoms with Crippen LogP contribution in [0.1, 0.15) is 13.3 Å². The molecule has 0 unspecified atom stereocenters. The summed E-state index contributed by atoms with van der Waals surface area (Å²) in [6.07, 6.45) is 0.908. The molecule has 0 radical (unpaired) electrons. The molecule has 0 bridgehead atoms. The molecular weight excluding hydrogens is 339 g/mol. The van der Waals surface area contributed by atoms with Gasteiger partial charge in [-0.25, -0.2) is 12.7 Å². The Balaban J connectivity index is 0.00000137. The zero-order valence-electron chi connectivity index (χ0n) is 10.8. The quantitative estimate of drug-likeness (QED) is 0.593. The third-order valence-corrected chi connectivity index (χ3v) is 3.81. The molecule has 1 rings (SSSR count). The average molecular weight is 357 g/mol. The summed E-state index contributed by atoms with van der Waals surface area (Å²) in [7, 11) is -0.374.